The minimum absolute atomic E-state index is 0.152. The van der Waals surface area contributed by atoms with Gasteiger partial charge in [-0.15, -0.1) is 0 Å². The van der Waals surface area contributed by atoms with E-state index in [9.17, 15) is 9.90 Å². The number of fused-ring (bicyclic) bond motifs is 1. The number of aryl methyl sites for hydroxylation is 2. The summed E-state index contributed by atoms with van der Waals surface area (Å²) in [4.78, 5) is 12.0. The Morgan fingerprint density at radius 2 is 2.24 bits per heavy atom. The van der Waals surface area contributed by atoms with Crippen molar-refractivity contribution >= 4 is 0 Å². The Morgan fingerprint density at radius 1 is 1.38 bits per heavy atom. The molecule has 5 nitrogen and oxygen atoms in total. The lowest BCUT2D eigenvalue weighted by molar-refractivity contribution is 0.148. The standard InChI is InChI=1S/C16H18N2O3/c1-21-13-6-2-5-12(8-13)15(19)10-18-16(20)9-11-4-3-7-14(11)17-18/h2,5-6,8-9,15,19H,3-4,7,10H2,1H3/t15-/m0/s1. The zero-order valence-corrected chi connectivity index (χ0v) is 12.0. The number of hydrogen-bond donors (Lipinski definition) is 1. The molecule has 110 valence electrons. The molecular weight excluding hydrogens is 268 g/mol. The summed E-state index contributed by atoms with van der Waals surface area (Å²) >= 11 is 0. The SMILES string of the molecule is COc1cccc([C@@H](O)Cn2nc3c(cc2=O)CCC3)c1. The molecule has 0 bridgehead atoms. The highest BCUT2D eigenvalue weighted by Crippen LogP contribution is 2.21. The molecule has 1 aliphatic rings. The number of ether oxygens (including phenoxy) is 1. The van der Waals surface area contributed by atoms with Gasteiger partial charge in [-0.2, -0.15) is 5.10 Å². The monoisotopic (exact) mass is 286 g/mol. The summed E-state index contributed by atoms with van der Waals surface area (Å²) in [6.07, 6.45) is 2.09. The summed E-state index contributed by atoms with van der Waals surface area (Å²) in [6.45, 7) is 0.152. The first kappa shape index (κ1) is 13.8. The molecule has 1 aromatic heterocycles. The van der Waals surface area contributed by atoms with Gasteiger partial charge in [-0.1, -0.05) is 12.1 Å². The highest BCUT2D eigenvalue weighted by Gasteiger charge is 2.17. The van der Waals surface area contributed by atoms with Crippen LogP contribution in [0.25, 0.3) is 0 Å². The van der Waals surface area contributed by atoms with Crippen molar-refractivity contribution in [3.05, 3.63) is 57.5 Å². The zero-order valence-electron chi connectivity index (χ0n) is 12.0. The van der Waals surface area contributed by atoms with Crippen LogP contribution in [-0.2, 0) is 19.4 Å². The van der Waals surface area contributed by atoms with Crippen LogP contribution in [0.15, 0.2) is 35.1 Å². The number of aromatic nitrogens is 2. The number of nitrogens with zero attached hydrogens (tertiary/aromatic N) is 2. The molecule has 2 aromatic rings. The van der Waals surface area contributed by atoms with Crippen molar-refractivity contribution in [3.8, 4) is 5.75 Å². The Hall–Kier alpha value is -2.14. The van der Waals surface area contributed by atoms with Crippen LogP contribution >= 0.6 is 0 Å². The fourth-order valence-corrected chi connectivity index (χ4v) is 2.69. The van der Waals surface area contributed by atoms with Crippen molar-refractivity contribution in [2.24, 2.45) is 0 Å². The fourth-order valence-electron chi connectivity index (χ4n) is 2.69. The van der Waals surface area contributed by atoms with Gasteiger partial charge in [0.15, 0.2) is 0 Å². The van der Waals surface area contributed by atoms with Gasteiger partial charge in [0.1, 0.15) is 5.75 Å². The van der Waals surface area contributed by atoms with Gasteiger partial charge in [-0.25, -0.2) is 4.68 Å². The maximum absolute atomic E-state index is 12.0. The van der Waals surface area contributed by atoms with E-state index in [0.717, 1.165) is 30.5 Å². The molecule has 1 atom stereocenters. The second-order valence-electron chi connectivity index (χ2n) is 5.28. The normalized spacial score (nSPS) is 14.8. The molecule has 0 amide bonds. The molecule has 3 rings (SSSR count). The zero-order chi connectivity index (χ0) is 14.8. The van der Waals surface area contributed by atoms with E-state index in [0.29, 0.717) is 11.3 Å². The average molecular weight is 286 g/mol. The van der Waals surface area contributed by atoms with Crippen molar-refractivity contribution in [2.45, 2.75) is 31.9 Å². The van der Waals surface area contributed by atoms with Gasteiger partial charge in [0.25, 0.3) is 5.56 Å². The molecule has 0 radical (unpaired) electrons. The third kappa shape index (κ3) is 2.83. The van der Waals surface area contributed by atoms with Crippen LogP contribution < -0.4 is 10.3 Å². The van der Waals surface area contributed by atoms with Crippen LogP contribution in [-0.4, -0.2) is 22.0 Å². The van der Waals surface area contributed by atoms with E-state index in [1.165, 1.54) is 4.68 Å². The lowest BCUT2D eigenvalue weighted by atomic mass is 10.1. The molecule has 0 unspecified atom stereocenters. The number of aliphatic hydroxyl groups is 1. The largest absolute Gasteiger partial charge is 0.497 e. The lowest BCUT2D eigenvalue weighted by Crippen LogP contribution is -2.26. The van der Waals surface area contributed by atoms with E-state index in [-0.39, 0.29) is 12.1 Å². The van der Waals surface area contributed by atoms with Gasteiger partial charge in [0, 0.05) is 6.07 Å². The average Bonchev–Trinajstić information content (AvgIpc) is 2.94. The number of hydrogen-bond acceptors (Lipinski definition) is 4. The summed E-state index contributed by atoms with van der Waals surface area (Å²) < 4.78 is 6.50. The van der Waals surface area contributed by atoms with E-state index in [2.05, 4.69) is 5.10 Å². The van der Waals surface area contributed by atoms with Crippen molar-refractivity contribution < 1.29 is 9.84 Å². The first-order chi connectivity index (χ1) is 10.2. The lowest BCUT2D eigenvalue weighted by Gasteiger charge is -2.14. The molecular formula is C16H18N2O3. The van der Waals surface area contributed by atoms with Crippen LogP contribution in [0.5, 0.6) is 5.75 Å². The van der Waals surface area contributed by atoms with Crippen molar-refractivity contribution in [2.75, 3.05) is 7.11 Å². The fraction of sp³-hybridized carbons (Fsp3) is 0.375. The molecule has 0 aliphatic heterocycles. The molecule has 0 saturated carbocycles. The quantitative estimate of drug-likeness (QED) is 0.924. The molecule has 21 heavy (non-hydrogen) atoms. The molecule has 1 heterocycles. The summed E-state index contributed by atoms with van der Waals surface area (Å²) in [7, 11) is 1.58. The van der Waals surface area contributed by atoms with Gasteiger partial charge in [-0.3, -0.25) is 4.79 Å². The molecule has 1 aromatic carbocycles. The maximum atomic E-state index is 12.0. The third-order valence-corrected chi connectivity index (χ3v) is 3.85. The van der Waals surface area contributed by atoms with Gasteiger partial charge >= 0.3 is 0 Å². The van der Waals surface area contributed by atoms with Gasteiger partial charge in [0.05, 0.1) is 25.5 Å². The van der Waals surface area contributed by atoms with Gasteiger partial charge in [-0.05, 0) is 42.5 Å². The Morgan fingerprint density at radius 3 is 3.05 bits per heavy atom. The van der Waals surface area contributed by atoms with Crippen molar-refractivity contribution in [1.82, 2.24) is 9.78 Å². The number of aliphatic hydroxyl groups excluding tert-OH is 1. The summed E-state index contributed by atoms with van der Waals surface area (Å²) in [6, 6.07) is 8.86. The molecule has 0 saturated heterocycles. The summed E-state index contributed by atoms with van der Waals surface area (Å²) in [5.74, 6) is 0.681. The van der Waals surface area contributed by atoms with Crippen LogP contribution in [0, 0.1) is 0 Å². The van der Waals surface area contributed by atoms with E-state index in [1.807, 2.05) is 18.2 Å². The Labute approximate surface area is 122 Å². The van der Waals surface area contributed by atoms with Crippen LogP contribution in [0.3, 0.4) is 0 Å². The van der Waals surface area contributed by atoms with Gasteiger partial charge in [0.2, 0.25) is 0 Å². The predicted octanol–water partition coefficient (Wildman–Crippen LogP) is 1.47. The first-order valence-electron chi connectivity index (χ1n) is 7.09. The number of benzene rings is 1. The number of rotatable bonds is 4. The first-order valence-corrected chi connectivity index (χ1v) is 7.09. The highest BCUT2D eigenvalue weighted by atomic mass is 16.5. The van der Waals surface area contributed by atoms with Crippen LogP contribution in [0.1, 0.15) is 29.3 Å². The Kier molecular flexibility index (Phi) is 3.75. The molecule has 1 N–H and O–H groups in total. The molecule has 5 heteroatoms. The minimum Gasteiger partial charge on any atom is -0.497 e. The molecule has 1 aliphatic carbocycles. The van der Waals surface area contributed by atoms with Crippen LogP contribution in [0.4, 0.5) is 0 Å². The molecule has 0 spiro atoms. The van der Waals surface area contributed by atoms with Crippen LogP contribution in [0.2, 0.25) is 0 Å². The third-order valence-electron chi connectivity index (χ3n) is 3.85. The summed E-state index contributed by atoms with van der Waals surface area (Å²) in [5.41, 5.74) is 2.58. The van der Waals surface area contributed by atoms with E-state index in [4.69, 9.17) is 4.74 Å². The second-order valence-corrected chi connectivity index (χ2v) is 5.28. The maximum Gasteiger partial charge on any atom is 0.267 e. The Balaban J connectivity index is 1.84. The van der Waals surface area contributed by atoms with E-state index < -0.39 is 6.10 Å². The van der Waals surface area contributed by atoms with Crippen molar-refractivity contribution in [3.63, 3.8) is 0 Å². The Bertz CT molecular complexity index is 709. The summed E-state index contributed by atoms with van der Waals surface area (Å²) in [5, 5.41) is 14.7. The highest BCUT2D eigenvalue weighted by molar-refractivity contribution is 5.29. The minimum atomic E-state index is -0.787. The van der Waals surface area contributed by atoms with E-state index in [1.54, 1.807) is 19.2 Å². The molecule has 0 fully saturated rings. The van der Waals surface area contributed by atoms with Gasteiger partial charge < -0.3 is 9.84 Å². The topological polar surface area (TPSA) is 64.3 Å². The van der Waals surface area contributed by atoms with E-state index >= 15 is 0 Å². The number of methoxy groups -OCH3 is 1. The van der Waals surface area contributed by atoms with Crippen molar-refractivity contribution in [1.29, 1.82) is 0 Å². The predicted molar refractivity (Wildman–Crippen MR) is 78.5 cm³/mol. The smallest absolute Gasteiger partial charge is 0.267 e. The second kappa shape index (κ2) is 5.69.